The Morgan fingerprint density at radius 1 is 1.33 bits per heavy atom. The van der Waals surface area contributed by atoms with Gasteiger partial charge >= 0.3 is 0 Å². The SMILES string of the molecule is CCCCOc1cccc(CNC(=O)C2C3CCC(C3)C2N)c1.Cl. The molecule has 5 heteroatoms. The minimum atomic E-state index is 0. The van der Waals surface area contributed by atoms with Gasteiger partial charge < -0.3 is 15.8 Å². The smallest absolute Gasteiger partial charge is 0.225 e. The second-order valence-electron chi connectivity index (χ2n) is 7.00. The van der Waals surface area contributed by atoms with Crippen LogP contribution in [0.3, 0.4) is 0 Å². The van der Waals surface area contributed by atoms with Gasteiger partial charge in [0.1, 0.15) is 5.75 Å². The first kappa shape index (κ1) is 19.1. The lowest BCUT2D eigenvalue weighted by atomic mass is 9.84. The molecule has 4 unspecified atom stereocenters. The predicted octanol–water partition coefficient (Wildman–Crippen LogP) is 3.28. The monoisotopic (exact) mass is 352 g/mol. The number of rotatable bonds is 7. The number of carbonyl (C=O) groups excluding carboxylic acids is 1. The Morgan fingerprint density at radius 3 is 2.83 bits per heavy atom. The highest BCUT2D eigenvalue weighted by atomic mass is 35.5. The molecule has 0 saturated heterocycles. The van der Waals surface area contributed by atoms with Gasteiger partial charge in [-0.1, -0.05) is 25.5 Å². The molecule has 1 aromatic rings. The maximum absolute atomic E-state index is 12.5. The molecule has 0 spiro atoms. The molecule has 3 N–H and O–H groups in total. The van der Waals surface area contributed by atoms with Gasteiger partial charge in [0, 0.05) is 12.6 Å². The van der Waals surface area contributed by atoms with Gasteiger partial charge in [-0.25, -0.2) is 0 Å². The number of benzene rings is 1. The number of unbranched alkanes of at least 4 members (excludes halogenated alkanes) is 1. The van der Waals surface area contributed by atoms with E-state index in [1.54, 1.807) is 0 Å². The first-order chi connectivity index (χ1) is 11.2. The van der Waals surface area contributed by atoms with Crippen molar-refractivity contribution in [2.24, 2.45) is 23.5 Å². The van der Waals surface area contributed by atoms with Crippen molar-refractivity contribution in [2.45, 2.75) is 51.6 Å². The summed E-state index contributed by atoms with van der Waals surface area (Å²) >= 11 is 0. The standard InChI is InChI=1S/C19H28N2O2.ClH/c1-2-3-9-23-16-6-4-5-13(10-16)12-21-19(22)17-14-7-8-15(11-14)18(17)20;/h4-6,10,14-15,17-18H,2-3,7-9,11-12,20H2,1H3,(H,21,22);1H. The average Bonchev–Trinajstić information content (AvgIpc) is 3.14. The molecule has 1 amide bonds. The van der Waals surface area contributed by atoms with Gasteiger partial charge in [0.25, 0.3) is 0 Å². The molecule has 0 heterocycles. The number of fused-ring (bicyclic) bond motifs is 2. The summed E-state index contributed by atoms with van der Waals surface area (Å²) in [5, 5.41) is 3.08. The summed E-state index contributed by atoms with van der Waals surface area (Å²) in [6.07, 6.45) is 5.69. The Kier molecular flexibility index (Phi) is 6.93. The van der Waals surface area contributed by atoms with Crippen molar-refractivity contribution in [3.05, 3.63) is 29.8 Å². The van der Waals surface area contributed by atoms with Crippen LogP contribution in [0.5, 0.6) is 5.75 Å². The van der Waals surface area contributed by atoms with E-state index in [2.05, 4.69) is 12.2 Å². The third kappa shape index (κ3) is 4.22. The molecule has 1 aromatic carbocycles. The van der Waals surface area contributed by atoms with Crippen molar-refractivity contribution in [1.82, 2.24) is 5.32 Å². The number of nitrogens with two attached hydrogens (primary N) is 1. The fraction of sp³-hybridized carbons (Fsp3) is 0.632. The van der Waals surface area contributed by atoms with E-state index in [-0.39, 0.29) is 30.3 Å². The summed E-state index contributed by atoms with van der Waals surface area (Å²) in [6, 6.07) is 8.03. The number of carbonyl (C=O) groups is 1. The Balaban J connectivity index is 0.00000208. The van der Waals surface area contributed by atoms with Crippen LogP contribution in [0.25, 0.3) is 0 Å². The lowest BCUT2D eigenvalue weighted by Gasteiger charge is -2.27. The predicted molar refractivity (Wildman–Crippen MR) is 98.2 cm³/mol. The molecule has 2 saturated carbocycles. The number of hydrogen-bond donors (Lipinski definition) is 2. The van der Waals surface area contributed by atoms with E-state index >= 15 is 0 Å². The average molecular weight is 353 g/mol. The Morgan fingerprint density at radius 2 is 2.12 bits per heavy atom. The van der Waals surface area contributed by atoms with Crippen LogP contribution in [0.1, 0.15) is 44.6 Å². The maximum Gasteiger partial charge on any atom is 0.225 e. The van der Waals surface area contributed by atoms with E-state index < -0.39 is 0 Å². The van der Waals surface area contributed by atoms with Crippen LogP contribution >= 0.6 is 12.4 Å². The molecule has 0 aromatic heterocycles. The van der Waals surface area contributed by atoms with Crippen molar-refractivity contribution < 1.29 is 9.53 Å². The Bertz CT molecular complexity index is 550. The first-order valence-electron chi connectivity index (χ1n) is 8.94. The minimum Gasteiger partial charge on any atom is -0.494 e. The quantitative estimate of drug-likeness (QED) is 0.740. The second kappa shape index (κ2) is 8.72. The zero-order chi connectivity index (χ0) is 16.2. The van der Waals surface area contributed by atoms with E-state index in [0.29, 0.717) is 18.4 Å². The topological polar surface area (TPSA) is 64.3 Å². The van der Waals surface area contributed by atoms with Gasteiger partial charge in [-0.15, -0.1) is 12.4 Å². The lowest BCUT2D eigenvalue weighted by molar-refractivity contribution is -0.127. The van der Waals surface area contributed by atoms with Crippen molar-refractivity contribution in [3.8, 4) is 5.75 Å². The number of ether oxygens (including phenoxy) is 1. The fourth-order valence-corrected chi connectivity index (χ4v) is 4.11. The molecule has 0 radical (unpaired) electrons. The van der Waals surface area contributed by atoms with E-state index in [9.17, 15) is 4.79 Å². The largest absolute Gasteiger partial charge is 0.494 e. The number of amides is 1. The molecular weight excluding hydrogens is 324 g/mol. The van der Waals surface area contributed by atoms with Crippen molar-refractivity contribution in [2.75, 3.05) is 6.61 Å². The molecule has 2 aliphatic carbocycles. The van der Waals surface area contributed by atoms with E-state index in [4.69, 9.17) is 10.5 Å². The summed E-state index contributed by atoms with van der Waals surface area (Å²) in [4.78, 5) is 12.5. The van der Waals surface area contributed by atoms with Gasteiger partial charge in [0.15, 0.2) is 0 Å². The van der Waals surface area contributed by atoms with Gasteiger partial charge in [-0.3, -0.25) is 4.79 Å². The molecule has 4 atom stereocenters. The number of nitrogens with one attached hydrogen (secondary N) is 1. The summed E-state index contributed by atoms with van der Waals surface area (Å²) in [5.41, 5.74) is 7.32. The molecule has 3 rings (SSSR count). The summed E-state index contributed by atoms with van der Waals surface area (Å²) in [5.74, 6) is 2.08. The molecule has 2 fully saturated rings. The van der Waals surface area contributed by atoms with Crippen molar-refractivity contribution in [3.63, 3.8) is 0 Å². The maximum atomic E-state index is 12.5. The molecule has 24 heavy (non-hydrogen) atoms. The third-order valence-corrected chi connectivity index (χ3v) is 5.42. The highest BCUT2D eigenvalue weighted by Gasteiger charge is 2.48. The Hall–Kier alpha value is -1.26. The van der Waals surface area contributed by atoms with Crippen molar-refractivity contribution >= 4 is 18.3 Å². The minimum absolute atomic E-state index is 0. The molecule has 134 valence electrons. The van der Waals surface area contributed by atoms with Crippen LogP contribution in [0, 0.1) is 17.8 Å². The van der Waals surface area contributed by atoms with Crippen molar-refractivity contribution in [1.29, 1.82) is 0 Å². The van der Waals surface area contributed by atoms with Gasteiger partial charge in [-0.05, 0) is 55.2 Å². The second-order valence-corrected chi connectivity index (χ2v) is 7.00. The van der Waals surface area contributed by atoms with Gasteiger partial charge in [0.2, 0.25) is 5.91 Å². The fourth-order valence-electron chi connectivity index (χ4n) is 4.11. The van der Waals surface area contributed by atoms with E-state index in [1.807, 2.05) is 24.3 Å². The number of hydrogen-bond acceptors (Lipinski definition) is 3. The van der Waals surface area contributed by atoms with Crippen LogP contribution in [0.4, 0.5) is 0 Å². The van der Waals surface area contributed by atoms with Crippen LogP contribution < -0.4 is 15.8 Å². The van der Waals surface area contributed by atoms with Gasteiger partial charge in [0.05, 0.1) is 12.5 Å². The molecular formula is C19H29ClN2O2. The normalized spacial score (nSPS) is 27.6. The van der Waals surface area contributed by atoms with Crippen LogP contribution in [0.2, 0.25) is 0 Å². The van der Waals surface area contributed by atoms with Gasteiger partial charge in [-0.2, -0.15) is 0 Å². The highest BCUT2D eigenvalue weighted by Crippen LogP contribution is 2.47. The highest BCUT2D eigenvalue weighted by molar-refractivity contribution is 5.85. The van der Waals surface area contributed by atoms with Crippen LogP contribution in [0.15, 0.2) is 24.3 Å². The molecule has 2 aliphatic rings. The third-order valence-electron chi connectivity index (χ3n) is 5.42. The summed E-state index contributed by atoms with van der Waals surface area (Å²) in [6.45, 7) is 3.44. The van der Waals surface area contributed by atoms with E-state index in [1.165, 1.54) is 6.42 Å². The lowest BCUT2D eigenvalue weighted by Crippen LogP contribution is -2.45. The van der Waals surface area contributed by atoms with Crippen LogP contribution in [-0.2, 0) is 11.3 Å². The Labute approximate surface area is 150 Å². The number of halogens is 1. The summed E-state index contributed by atoms with van der Waals surface area (Å²) in [7, 11) is 0. The van der Waals surface area contributed by atoms with Crippen LogP contribution in [-0.4, -0.2) is 18.6 Å². The molecule has 0 aliphatic heterocycles. The zero-order valence-electron chi connectivity index (χ0n) is 14.4. The molecule has 2 bridgehead atoms. The zero-order valence-corrected chi connectivity index (χ0v) is 15.2. The summed E-state index contributed by atoms with van der Waals surface area (Å²) < 4.78 is 5.72. The first-order valence-corrected chi connectivity index (χ1v) is 8.94. The van der Waals surface area contributed by atoms with E-state index in [0.717, 1.165) is 43.6 Å². The molecule has 4 nitrogen and oxygen atoms in total.